The van der Waals surface area contributed by atoms with Crippen LogP contribution in [0.2, 0.25) is 0 Å². The molecule has 0 aromatic rings. The number of nitrogens with zero attached hydrogens (tertiary/aromatic N) is 3. The topological polar surface area (TPSA) is 36.0 Å². The van der Waals surface area contributed by atoms with Crippen molar-refractivity contribution in [2.45, 2.75) is 38.6 Å². The van der Waals surface area contributed by atoms with E-state index in [0.717, 1.165) is 32.1 Å². The summed E-state index contributed by atoms with van der Waals surface area (Å²) in [6, 6.07) is 0.752. The minimum absolute atomic E-state index is 0.0435. The molecule has 2 saturated heterocycles. The van der Waals surface area contributed by atoms with Crippen LogP contribution >= 0.6 is 0 Å². The summed E-state index contributed by atoms with van der Waals surface area (Å²) in [5.41, 5.74) is 0. The van der Waals surface area contributed by atoms with E-state index in [1.165, 1.54) is 39.0 Å². The fourth-order valence-electron chi connectivity index (χ4n) is 3.23. The van der Waals surface area contributed by atoms with Gasteiger partial charge in [0.1, 0.15) is 0 Å². The van der Waals surface area contributed by atoms with Gasteiger partial charge in [-0.05, 0) is 39.4 Å². The maximum atomic E-state index is 11.5. The molecule has 0 saturated carbocycles. The molecule has 122 valence electrons. The molecule has 0 radical (unpaired) electrons. The number of likely N-dealkylation sites (tertiary alicyclic amines) is 1. The van der Waals surface area contributed by atoms with E-state index in [4.69, 9.17) is 4.74 Å². The Morgan fingerprint density at radius 1 is 1.10 bits per heavy atom. The Labute approximate surface area is 129 Å². The lowest BCUT2D eigenvalue weighted by atomic mass is 10.0. The molecule has 0 unspecified atom stereocenters. The molecule has 0 amide bonds. The number of rotatable bonds is 6. The van der Waals surface area contributed by atoms with E-state index in [2.05, 4.69) is 21.7 Å². The highest BCUT2D eigenvalue weighted by Gasteiger charge is 2.26. The van der Waals surface area contributed by atoms with Gasteiger partial charge in [-0.3, -0.25) is 9.69 Å². The van der Waals surface area contributed by atoms with Crippen LogP contribution in [-0.4, -0.2) is 86.2 Å². The second-order valence-corrected chi connectivity index (χ2v) is 6.38. The quantitative estimate of drug-likeness (QED) is 0.685. The molecule has 2 aliphatic heterocycles. The minimum Gasteiger partial charge on any atom is -0.466 e. The highest BCUT2D eigenvalue weighted by molar-refractivity contribution is 5.69. The Kier molecular flexibility index (Phi) is 6.93. The first-order chi connectivity index (χ1) is 10.2. The third kappa shape index (κ3) is 5.57. The molecule has 2 aliphatic rings. The summed E-state index contributed by atoms with van der Waals surface area (Å²) in [5.74, 6) is -0.0435. The van der Waals surface area contributed by atoms with Gasteiger partial charge >= 0.3 is 5.97 Å². The van der Waals surface area contributed by atoms with Crippen LogP contribution in [0.5, 0.6) is 0 Å². The minimum atomic E-state index is -0.0435. The van der Waals surface area contributed by atoms with E-state index < -0.39 is 0 Å². The predicted molar refractivity (Wildman–Crippen MR) is 84.4 cm³/mol. The van der Waals surface area contributed by atoms with Gasteiger partial charge in [0.15, 0.2) is 0 Å². The first-order valence-electron chi connectivity index (χ1n) is 8.49. The van der Waals surface area contributed by atoms with Gasteiger partial charge in [0.05, 0.1) is 13.0 Å². The highest BCUT2D eigenvalue weighted by Crippen LogP contribution is 2.18. The van der Waals surface area contributed by atoms with Gasteiger partial charge in [0, 0.05) is 38.8 Å². The monoisotopic (exact) mass is 297 g/mol. The molecule has 0 aromatic carbocycles. The lowest BCUT2D eigenvalue weighted by molar-refractivity contribution is -0.144. The number of carbonyl (C=O) groups is 1. The number of hydrogen-bond acceptors (Lipinski definition) is 5. The van der Waals surface area contributed by atoms with E-state index in [-0.39, 0.29) is 5.97 Å². The summed E-state index contributed by atoms with van der Waals surface area (Å²) < 4.78 is 5.13. The molecule has 0 aromatic heterocycles. The van der Waals surface area contributed by atoms with Crippen LogP contribution in [0.15, 0.2) is 0 Å². The largest absolute Gasteiger partial charge is 0.466 e. The Morgan fingerprint density at radius 2 is 1.76 bits per heavy atom. The molecule has 0 N–H and O–H groups in total. The summed E-state index contributed by atoms with van der Waals surface area (Å²) in [7, 11) is 2.21. The van der Waals surface area contributed by atoms with Gasteiger partial charge in [-0.2, -0.15) is 0 Å². The second kappa shape index (κ2) is 8.71. The molecule has 2 heterocycles. The maximum absolute atomic E-state index is 11.5. The number of piperidine rings is 1. The average Bonchev–Trinajstić information content (AvgIpc) is 2.52. The van der Waals surface area contributed by atoms with Crippen LogP contribution in [0.4, 0.5) is 0 Å². The molecule has 2 fully saturated rings. The lowest BCUT2D eigenvalue weighted by Gasteiger charge is -2.42. The lowest BCUT2D eigenvalue weighted by Crippen LogP contribution is -2.52. The Bertz CT molecular complexity index is 309. The van der Waals surface area contributed by atoms with Crippen molar-refractivity contribution in [1.82, 2.24) is 14.7 Å². The molecule has 0 aliphatic carbocycles. The summed E-state index contributed by atoms with van der Waals surface area (Å²) in [6.07, 6.45) is 3.93. The average molecular weight is 297 g/mol. The van der Waals surface area contributed by atoms with Crippen LogP contribution in [0, 0.1) is 0 Å². The SMILES string of the molecule is CCCOC(=O)CCN1CCC(N2CCN(C)CC2)CC1. The molecular weight excluding hydrogens is 266 g/mol. The normalized spacial score (nSPS) is 23.3. The van der Waals surface area contributed by atoms with Crippen molar-refractivity contribution < 1.29 is 9.53 Å². The van der Waals surface area contributed by atoms with Gasteiger partial charge in [-0.15, -0.1) is 0 Å². The van der Waals surface area contributed by atoms with Crippen LogP contribution in [0.3, 0.4) is 0 Å². The maximum Gasteiger partial charge on any atom is 0.307 e. The fourth-order valence-corrected chi connectivity index (χ4v) is 3.23. The van der Waals surface area contributed by atoms with Crippen molar-refractivity contribution in [3.05, 3.63) is 0 Å². The van der Waals surface area contributed by atoms with Crippen LogP contribution in [0.1, 0.15) is 32.6 Å². The van der Waals surface area contributed by atoms with Crippen molar-refractivity contribution in [2.24, 2.45) is 0 Å². The molecular formula is C16H31N3O2. The van der Waals surface area contributed by atoms with Gasteiger partial charge in [0.2, 0.25) is 0 Å². The smallest absolute Gasteiger partial charge is 0.307 e. The highest BCUT2D eigenvalue weighted by atomic mass is 16.5. The molecule has 5 heteroatoms. The Morgan fingerprint density at radius 3 is 2.38 bits per heavy atom. The number of piperazine rings is 1. The van der Waals surface area contributed by atoms with Gasteiger partial charge in [0.25, 0.3) is 0 Å². The number of likely N-dealkylation sites (N-methyl/N-ethyl adjacent to an activating group) is 1. The van der Waals surface area contributed by atoms with Crippen LogP contribution in [0.25, 0.3) is 0 Å². The second-order valence-electron chi connectivity index (χ2n) is 6.38. The molecule has 2 rings (SSSR count). The zero-order valence-corrected chi connectivity index (χ0v) is 13.7. The number of esters is 1. The number of hydrogen-bond donors (Lipinski definition) is 0. The van der Waals surface area contributed by atoms with Crippen LogP contribution in [-0.2, 0) is 9.53 Å². The standard InChI is InChI=1S/C16H31N3O2/c1-3-14-21-16(20)6-9-18-7-4-15(5-8-18)19-12-10-17(2)11-13-19/h15H,3-14H2,1-2H3. The summed E-state index contributed by atoms with van der Waals surface area (Å²) in [6.45, 7) is 10.5. The first kappa shape index (κ1) is 16.7. The van der Waals surface area contributed by atoms with Crippen LogP contribution < -0.4 is 0 Å². The third-order valence-electron chi connectivity index (χ3n) is 4.71. The predicted octanol–water partition coefficient (Wildman–Crippen LogP) is 1.04. The third-order valence-corrected chi connectivity index (χ3v) is 4.71. The van der Waals surface area contributed by atoms with E-state index in [1.807, 2.05) is 6.92 Å². The van der Waals surface area contributed by atoms with Crippen molar-refractivity contribution in [1.29, 1.82) is 0 Å². The van der Waals surface area contributed by atoms with Crippen molar-refractivity contribution in [2.75, 3.05) is 59.5 Å². The van der Waals surface area contributed by atoms with E-state index in [0.29, 0.717) is 13.0 Å². The summed E-state index contributed by atoms with van der Waals surface area (Å²) in [5, 5.41) is 0. The molecule has 5 nitrogen and oxygen atoms in total. The van der Waals surface area contributed by atoms with Crippen molar-refractivity contribution in [3.8, 4) is 0 Å². The van der Waals surface area contributed by atoms with Crippen molar-refractivity contribution in [3.63, 3.8) is 0 Å². The first-order valence-corrected chi connectivity index (χ1v) is 8.49. The van der Waals surface area contributed by atoms with Crippen molar-refractivity contribution >= 4 is 5.97 Å². The molecule has 0 bridgehead atoms. The zero-order valence-electron chi connectivity index (χ0n) is 13.7. The number of carbonyl (C=O) groups excluding carboxylic acids is 1. The van der Waals surface area contributed by atoms with E-state index >= 15 is 0 Å². The molecule has 21 heavy (non-hydrogen) atoms. The molecule has 0 atom stereocenters. The zero-order chi connectivity index (χ0) is 15.1. The number of ether oxygens (including phenoxy) is 1. The van der Waals surface area contributed by atoms with E-state index in [9.17, 15) is 4.79 Å². The van der Waals surface area contributed by atoms with Gasteiger partial charge in [-0.25, -0.2) is 0 Å². The summed E-state index contributed by atoms with van der Waals surface area (Å²) in [4.78, 5) is 19.0. The Hall–Kier alpha value is -0.650. The van der Waals surface area contributed by atoms with E-state index in [1.54, 1.807) is 0 Å². The fraction of sp³-hybridized carbons (Fsp3) is 0.938. The molecule has 0 spiro atoms. The summed E-state index contributed by atoms with van der Waals surface area (Å²) >= 11 is 0. The Balaban J connectivity index is 1.61. The van der Waals surface area contributed by atoms with Gasteiger partial charge < -0.3 is 14.5 Å². The van der Waals surface area contributed by atoms with Gasteiger partial charge in [-0.1, -0.05) is 6.92 Å².